The highest BCUT2D eigenvalue weighted by molar-refractivity contribution is 5.28. The fraction of sp³-hybridized carbons (Fsp3) is 0.625. The largest absolute Gasteiger partial charge is 0.497 e. The summed E-state index contributed by atoms with van der Waals surface area (Å²) in [6, 6.07) is 8.94. The van der Waals surface area contributed by atoms with Crippen molar-refractivity contribution in [2.24, 2.45) is 5.41 Å². The standard InChI is InChI=1S/C16H26N2O/c1-16(2,3)15-12-18(9-8-17-15)11-13-6-5-7-14(10-13)19-4/h5-7,10,15,17H,8-9,11-12H2,1-4H3. The highest BCUT2D eigenvalue weighted by atomic mass is 16.5. The lowest BCUT2D eigenvalue weighted by Gasteiger charge is -2.40. The lowest BCUT2D eigenvalue weighted by molar-refractivity contribution is 0.129. The van der Waals surface area contributed by atoms with E-state index in [9.17, 15) is 0 Å². The molecule has 1 N–H and O–H groups in total. The Morgan fingerprint density at radius 1 is 1.37 bits per heavy atom. The van der Waals surface area contributed by atoms with Crippen molar-refractivity contribution in [2.75, 3.05) is 26.7 Å². The molecule has 0 aliphatic carbocycles. The van der Waals surface area contributed by atoms with Crippen molar-refractivity contribution in [1.82, 2.24) is 10.2 Å². The summed E-state index contributed by atoms with van der Waals surface area (Å²) in [5, 5.41) is 3.63. The number of nitrogens with one attached hydrogen (secondary N) is 1. The van der Waals surface area contributed by atoms with E-state index in [2.05, 4.69) is 49.2 Å². The predicted octanol–water partition coefficient (Wildman–Crippen LogP) is 2.52. The van der Waals surface area contributed by atoms with Crippen molar-refractivity contribution >= 4 is 0 Å². The number of methoxy groups -OCH3 is 1. The fourth-order valence-corrected chi connectivity index (χ4v) is 2.56. The fourth-order valence-electron chi connectivity index (χ4n) is 2.56. The molecule has 1 saturated heterocycles. The van der Waals surface area contributed by atoms with E-state index in [1.807, 2.05) is 6.07 Å². The Kier molecular flexibility index (Phi) is 4.48. The number of rotatable bonds is 3. The van der Waals surface area contributed by atoms with Crippen LogP contribution in [0.1, 0.15) is 26.3 Å². The second-order valence-electron chi connectivity index (χ2n) is 6.46. The van der Waals surface area contributed by atoms with Crippen LogP contribution in [0.3, 0.4) is 0 Å². The molecule has 0 spiro atoms. The van der Waals surface area contributed by atoms with Crippen LogP contribution in [0.25, 0.3) is 0 Å². The zero-order chi connectivity index (χ0) is 13.9. The zero-order valence-corrected chi connectivity index (χ0v) is 12.6. The molecule has 0 saturated carbocycles. The molecule has 1 atom stereocenters. The van der Waals surface area contributed by atoms with Gasteiger partial charge in [-0.3, -0.25) is 4.90 Å². The van der Waals surface area contributed by atoms with Gasteiger partial charge in [-0.1, -0.05) is 32.9 Å². The van der Waals surface area contributed by atoms with Gasteiger partial charge in [-0.15, -0.1) is 0 Å². The molecule has 1 aliphatic rings. The van der Waals surface area contributed by atoms with Crippen LogP contribution in [0, 0.1) is 5.41 Å². The quantitative estimate of drug-likeness (QED) is 0.906. The highest BCUT2D eigenvalue weighted by Crippen LogP contribution is 2.23. The Bertz CT molecular complexity index is 411. The molecule has 19 heavy (non-hydrogen) atoms. The van der Waals surface area contributed by atoms with Gasteiger partial charge in [0.2, 0.25) is 0 Å². The summed E-state index contributed by atoms with van der Waals surface area (Å²) in [5.41, 5.74) is 1.64. The Balaban J connectivity index is 1.98. The minimum Gasteiger partial charge on any atom is -0.497 e. The van der Waals surface area contributed by atoms with E-state index in [4.69, 9.17) is 4.74 Å². The molecular formula is C16H26N2O. The molecule has 106 valence electrons. The summed E-state index contributed by atoms with van der Waals surface area (Å²) >= 11 is 0. The van der Waals surface area contributed by atoms with Crippen molar-refractivity contribution < 1.29 is 4.74 Å². The molecule has 0 radical (unpaired) electrons. The van der Waals surface area contributed by atoms with Crippen LogP contribution in [0.4, 0.5) is 0 Å². The second-order valence-corrected chi connectivity index (χ2v) is 6.46. The van der Waals surface area contributed by atoms with Gasteiger partial charge < -0.3 is 10.1 Å². The SMILES string of the molecule is COc1cccc(CN2CCNC(C(C)(C)C)C2)c1. The van der Waals surface area contributed by atoms with Crippen molar-refractivity contribution in [3.63, 3.8) is 0 Å². The molecule has 0 aromatic heterocycles. The normalized spacial score (nSPS) is 21.4. The van der Waals surface area contributed by atoms with Gasteiger partial charge in [0.25, 0.3) is 0 Å². The maximum absolute atomic E-state index is 5.29. The van der Waals surface area contributed by atoms with Crippen LogP contribution in [0.5, 0.6) is 5.75 Å². The molecule has 1 aromatic carbocycles. The third kappa shape index (κ3) is 3.95. The minimum atomic E-state index is 0.313. The average Bonchev–Trinajstić information content (AvgIpc) is 2.38. The maximum Gasteiger partial charge on any atom is 0.119 e. The highest BCUT2D eigenvalue weighted by Gasteiger charge is 2.29. The van der Waals surface area contributed by atoms with Crippen molar-refractivity contribution in [3.8, 4) is 5.75 Å². The maximum atomic E-state index is 5.29. The smallest absolute Gasteiger partial charge is 0.119 e. The average molecular weight is 262 g/mol. The lowest BCUT2D eigenvalue weighted by Crippen LogP contribution is -2.55. The Labute approximate surface area is 116 Å². The predicted molar refractivity (Wildman–Crippen MR) is 79.5 cm³/mol. The molecule has 1 aromatic rings. The van der Waals surface area contributed by atoms with Gasteiger partial charge in [0.05, 0.1) is 7.11 Å². The molecule has 0 bridgehead atoms. The van der Waals surface area contributed by atoms with Gasteiger partial charge >= 0.3 is 0 Å². The molecule has 1 heterocycles. The van der Waals surface area contributed by atoms with Gasteiger partial charge in [-0.05, 0) is 23.1 Å². The van der Waals surface area contributed by atoms with Crippen LogP contribution < -0.4 is 10.1 Å². The van der Waals surface area contributed by atoms with Crippen LogP contribution in [-0.2, 0) is 6.54 Å². The second kappa shape index (κ2) is 5.93. The minimum absolute atomic E-state index is 0.313. The van der Waals surface area contributed by atoms with Gasteiger partial charge in [0.15, 0.2) is 0 Å². The lowest BCUT2D eigenvalue weighted by atomic mass is 9.85. The summed E-state index contributed by atoms with van der Waals surface area (Å²) in [6.45, 7) is 11.2. The summed E-state index contributed by atoms with van der Waals surface area (Å²) < 4.78 is 5.29. The van der Waals surface area contributed by atoms with Crippen LogP contribution in [0.15, 0.2) is 24.3 Å². The molecular weight excluding hydrogens is 236 g/mol. The first-order valence-corrected chi connectivity index (χ1v) is 7.08. The molecule has 1 fully saturated rings. The van der Waals surface area contributed by atoms with Crippen molar-refractivity contribution in [1.29, 1.82) is 0 Å². The monoisotopic (exact) mass is 262 g/mol. The Morgan fingerprint density at radius 3 is 2.84 bits per heavy atom. The first-order chi connectivity index (χ1) is 8.99. The number of piperazine rings is 1. The molecule has 2 rings (SSSR count). The van der Waals surface area contributed by atoms with Crippen molar-refractivity contribution in [3.05, 3.63) is 29.8 Å². The van der Waals surface area contributed by atoms with Gasteiger partial charge in [-0.25, -0.2) is 0 Å². The number of ether oxygens (including phenoxy) is 1. The molecule has 3 heteroatoms. The first-order valence-electron chi connectivity index (χ1n) is 7.08. The van der Waals surface area contributed by atoms with E-state index >= 15 is 0 Å². The third-order valence-electron chi connectivity index (χ3n) is 3.85. The summed E-state index contributed by atoms with van der Waals surface area (Å²) in [7, 11) is 1.72. The zero-order valence-electron chi connectivity index (χ0n) is 12.6. The van der Waals surface area contributed by atoms with Crippen LogP contribution >= 0.6 is 0 Å². The van der Waals surface area contributed by atoms with E-state index in [1.54, 1.807) is 7.11 Å². The van der Waals surface area contributed by atoms with E-state index in [0.29, 0.717) is 11.5 Å². The number of hydrogen-bond donors (Lipinski definition) is 1. The third-order valence-corrected chi connectivity index (χ3v) is 3.85. The molecule has 1 unspecified atom stereocenters. The van der Waals surface area contributed by atoms with E-state index in [1.165, 1.54) is 5.56 Å². The Hall–Kier alpha value is -1.06. The summed E-state index contributed by atoms with van der Waals surface area (Å²) in [5.74, 6) is 0.944. The van der Waals surface area contributed by atoms with E-state index in [-0.39, 0.29) is 0 Å². The van der Waals surface area contributed by atoms with E-state index in [0.717, 1.165) is 31.9 Å². The Morgan fingerprint density at radius 2 is 2.16 bits per heavy atom. The molecule has 0 amide bonds. The van der Waals surface area contributed by atoms with Crippen LogP contribution in [-0.4, -0.2) is 37.7 Å². The van der Waals surface area contributed by atoms with Gasteiger partial charge in [0.1, 0.15) is 5.75 Å². The molecule has 1 aliphatic heterocycles. The van der Waals surface area contributed by atoms with Gasteiger partial charge in [-0.2, -0.15) is 0 Å². The molecule has 3 nitrogen and oxygen atoms in total. The summed E-state index contributed by atoms with van der Waals surface area (Å²) in [4.78, 5) is 2.53. The number of hydrogen-bond acceptors (Lipinski definition) is 3. The topological polar surface area (TPSA) is 24.5 Å². The number of benzene rings is 1. The number of nitrogens with zero attached hydrogens (tertiary/aromatic N) is 1. The van der Waals surface area contributed by atoms with Crippen LogP contribution in [0.2, 0.25) is 0 Å². The van der Waals surface area contributed by atoms with Gasteiger partial charge in [0, 0.05) is 32.2 Å². The van der Waals surface area contributed by atoms with E-state index < -0.39 is 0 Å². The first kappa shape index (κ1) is 14.4. The summed E-state index contributed by atoms with van der Waals surface area (Å²) in [6.07, 6.45) is 0. The van der Waals surface area contributed by atoms with Crippen molar-refractivity contribution in [2.45, 2.75) is 33.4 Å².